The van der Waals surface area contributed by atoms with Gasteiger partial charge in [-0.2, -0.15) is 0 Å². The smallest absolute Gasteiger partial charge is 0.308 e. The van der Waals surface area contributed by atoms with E-state index in [-0.39, 0.29) is 23.8 Å². The number of ether oxygens (including phenoxy) is 2. The Morgan fingerprint density at radius 3 is 2.77 bits per heavy atom. The van der Waals surface area contributed by atoms with Crippen LogP contribution in [0.2, 0.25) is 5.15 Å². The normalized spacial score (nSPS) is 17.5. The predicted octanol–water partition coefficient (Wildman–Crippen LogP) is 2.38. The van der Waals surface area contributed by atoms with Gasteiger partial charge in [-0.1, -0.05) is 11.6 Å². The summed E-state index contributed by atoms with van der Waals surface area (Å²) < 4.78 is 10.5. The van der Waals surface area contributed by atoms with E-state index in [0.29, 0.717) is 17.1 Å². The molecule has 7 heteroatoms. The number of hydrogen-bond acceptors (Lipinski definition) is 6. The van der Waals surface area contributed by atoms with Gasteiger partial charge < -0.3 is 14.8 Å². The summed E-state index contributed by atoms with van der Waals surface area (Å²) in [5.74, 6) is 0.431. The number of carbonyl (C=O) groups excluding carboxylic acids is 2. The van der Waals surface area contributed by atoms with Crippen LogP contribution < -0.4 is 10.1 Å². The molecule has 0 radical (unpaired) electrons. The number of hydrogen-bond donors (Lipinski definition) is 1. The van der Waals surface area contributed by atoms with Crippen molar-refractivity contribution in [2.45, 2.75) is 45.3 Å². The van der Waals surface area contributed by atoms with Crippen LogP contribution >= 0.6 is 11.6 Å². The van der Waals surface area contributed by atoms with Crippen molar-refractivity contribution >= 4 is 29.2 Å². The molecule has 0 saturated carbocycles. The Bertz CT molecular complexity index is 610. The lowest BCUT2D eigenvalue weighted by Crippen LogP contribution is -2.39. The van der Waals surface area contributed by atoms with Crippen molar-refractivity contribution in [3.05, 3.63) is 16.8 Å². The molecule has 0 unspecified atom stereocenters. The van der Waals surface area contributed by atoms with E-state index < -0.39 is 17.6 Å². The van der Waals surface area contributed by atoms with Gasteiger partial charge >= 0.3 is 5.97 Å². The van der Waals surface area contributed by atoms with Gasteiger partial charge in [0.15, 0.2) is 5.78 Å². The first-order valence-electron chi connectivity index (χ1n) is 6.94. The number of anilines is 1. The highest BCUT2D eigenvalue weighted by atomic mass is 35.5. The number of aromatic nitrogens is 1. The average Bonchev–Trinajstić information content (AvgIpc) is 2.37. The first-order valence-corrected chi connectivity index (χ1v) is 7.32. The molecular weight excluding hydrogens is 308 g/mol. The summed E-state index contributed by atoms with van der Waals surface area (Å²) in [6.07, 6.45) is 0.0925. The van der Waals surface area contributed by atoms with Crippen LogP contribution in [0, 0.1) is 0 Å². The Labute approximate surface area is 134 Å². The van der Waals surface area contributed by atoms with Crippen LogP contribution in [0.15, 0.2) is 6.07 Å². The molecule has 1 aliphatic heterocycles. The molecule has 120 valence electrons. The van der Waals surface area contributed by atoms with Crippen molar-refractivity contribution in [1.29, 1.82) is 0 Å². The van der Waals surface area contributed by atoms with Gasteiger partial charge in [0.1, 0.15) is 22.3 Å². The maximum atomic E-state index is 12.2. The second kappa shape index (κ2) is 6.12. The minimum absolute atomic E-state index is 0.0496. The third-order valence-corrected chi connectivity index (χ3v) is 3.31. The SMILES string of the molecule is COc1cc(Cl)nc2c1CC(=O)[C@H](CC(=O)OC(C)(C)C)N2. The fourth-order valence-corrected chi connectivity index (χ4v) is 2.43. The van der Waals surface area contributed by atoms with E-state index in [4.69, 9.17) is 21.1 Å². The lowest BCUT2D eigenvalue weighted by Gasteiger charge is -2.27. The molecule has 0 spiro atoms. The van der Waals surface area contributed by atoms with Gasteiger partial charge in [-0.25, -0.2) is 4.98 Å². The molecule has 6 nitrogen and oxygen atoms in total. The van der Waals surface area contributed by atoms with Crippen LogP contribution in [-0.2, 0) is 20.7 Å². The van der Waals surface area contributed by atoms with Crippen LogP contribution in [0.1, 0.15) is 32.8 Å². The fraction of sp³-hybridized carbons (Fsp3) is 0.533. The summed E-state index contributed by atoms with van der Waals surface area (Å²) >= 11 is 5.93. The van der Waals surface area contributed by atoms with Crippen molar-refractivity contribution in [2.24, 2.45) is 0 Å². The van der Waals surface area contributed by atoms with Crippen LogP contribution in [0.3, 0.4) is 0 Å². The largest absolute Gasteiger partial charge is 0.496 e. The number of nitrogens with one attached hydrogen (secondary N) is 1. The number of Topliss-reactive ketones (excluding diaryl/α,β-unsaturated/α-hetero) is 1. The van der Waals surface area contributed by atoms with E-state index in [1.54, 1.807) is 26.8 Å². The van der Waals surface area contributed by atoms with E-state index in [1.165, 1.54) is 7.11 Å². The molecule has 0 aromatic carbocycles. The third-order valence-electron chi connectivity index (χ3n) is 3.11. The minimum atomic E-state index is -0.668. The number of methoxy groups -OCH3 is 1. The minimum Gasteiger partial charge on any atom is -0.496 e. The molecule has 1 N–H and O–H groups in total. The zero-order valence-corrected chi connectivity index (χ0v) is 13.8. The first-order chi connectivity index (χ1) is 10.2. The number of fused-ring (bicyclic) bond motifs is 1. The zero-order chi connectivity index (χ0) is 16.5. The lowest BCUT2D eigenvalue weighted by molar-refractivity contribution is -0.155. The highest BCUT2D eigenvalue weighted by Crippen LogP contribution is 2.32. The highest BCUT2D eigenvalue weighted by molar-refractivity contribution is 6.29. The Hall–Kier alpha value is -1.82. The van der Waals surface area contributed by atoms with Gasteiger partial charge in [0.25, 0.3) is 0 Å². The van der Waals surface area contributed by atoms with E-state index in [2.05, 4.69) is 10.3 Å². The predicted molar refractivity (Wildman–Crippen MR) is 82.4 cm³/mol. The molecule has 0 aliphatic carbocycles. The molecule has 0 saturated heterocycles. The van der Waals surface area contributed by atoms with Gasteiger partial charge in [-0.3, -0.25) is 9.59 Å². The monoisotopic (exact) mass is 326 g/mol. The quantitative estimate of drug-likeness (QED) is 0.679. The summed E-state index contributed by atoms with van der Waals surface area (Å²) in [7, 11) is 1.50. The molecule has 2 rings (SSSR count). The van der Waals surface area contributed by atoms with Gasteiger partial charge in [-0.15, -0.1) is 0 Å². The van der Waals surface area contributed by atoms with Crippen molar-refractivity contribution < 1.29 is 19.1 Å². The third kappa shape index (κ3) is 3.88. The molecular formula is C15H19ClN2O4. The highest BCUT2D eigenvalue weighted by Gasteiger charge is 2.32. The lowest BCUT2D eigenvalue weighted by atomic mass is 9.96. The number of ketones is 1. The van der Waals surface area contributed by atoms with Crippen molar-refractivity contribution in [1.82, 2.24) is 4.98 Å². The van der Waals surface area contributed by atoms with Crippen LogP contribution in [-0.4, -0.2) is 35.5 Å². The standard InChI is InChI=1S/C15H19ClN2O4/c1-15(2,3)22-13(20)6-9-10(19)5-8-11(21-4)7-12(16)18-14(8)17-9/h7,9H,5-6H2,1-4H3,(H,17,18)/t9-/m0/s1. The summed E-state index contributed by atoms with van der Waals surface area (Å²) in [5, 5.41) is 3.21. The second-order valence-corrected chi connectivity index (χ2v) is 6.49. The Kier molecular flexibility index (Phi) is 4.60. The van der Waals surface area contributed by atoms with Crippen LogP contribution in [0.25, 0.3) is 0 Å². The Morgan fingerprint density at radius 1 is 1.50 bits per heavy atom. The van der Waals surface area contributed by atoms with Crippen molar-refractivity contribution in [3.8, 4) is 5.75 Å². The number of halogens is 1. The fourth-order valence-electron chi connectivity index (χ4n) is 2.25. The van der Waals surface area contributed by atoms with E-state index >= 15 is 0 Å². The Morgan fingerprint density at radius 2 is 2.18 bits per heavy atom. The van der Waals surface area contributed by atoms with Gasteiger partial charge in [0.2, 0.25) is 0 Å². The van der Waals surface area contributed by atoms with Gasteiger partial charge in [0.05, 0.1) is 19.6 Å². The number of nitrogens with zero attached hydrogens (tertiary/aromatic N) is 1. The summed E-state index contributed by atoms with van der Waals surface area (Å²) in [6, 6.07) is 0.891. The molecule has 0 fully saturated rings. The van der Waals surface area contributed by atoms with E-state index in [1.807, 2.05) is 0 Å². The molecule has 2 heterocycles. The molecule has 1 aliphatic rings. The molecule has 22 heavy (non-hydrogen) atoms. The summed E-state index contributed by atoms with van der Waals surface area (Å²) in [5.41, 5.74) is 0.0645. The summed E-state index contributed by atoms with van der Waals surface area (Å²) in [4.78, 5) is 28.3. The van der Waals surface area contributed by atoms with E-state index in [0.717, 1.165) is 0 Å². The average molecular weight is 327 g/mol. The first kappa shape index (κ1) is 16.5. The van der Waals surface area contributed by atoms with Crippen molar-refractivity contribution in [2.75, 3.05) is 12.4 Å². The summed E-state index contributed by atoms with van der Waals surface area (Å²) in [6.45, 7) is 5.34. The van der Waals surface area contributed by atoms with Gasteiger partial charge in [0, 0.05) is 18.1 Å². The Balaban J connectivity index is 2.17. The molecule has 1 atom stereocenters. The molecule has 1 aromatic heterocycles. The number of carbonyl (C=O) groups is 2. The zero-order valence-electron chi connectivity index (χ0n) is 13.0. The van der Waals surface area contributed by atoms with Crippen LogP contribution in [0.5, 0.6) is 5.75 Å². The van der Waals surface area contributed by atoms with E-state index in [9.17, 15) is 9.59 Å². The number of pyridine rings is 1. The second-order valence-electron chi connectivity index (χ2n) is 6.10. The number of esters is 1. The van der Waals surface area contributed by atoms with Gasteiger partial charge in [-0.05, 0) is 20.8 Å². The molecule has 0 bridgehead atoms. The van der Waals surface area contributed by atoms with Crippen molar-refractivity contribution in [3.63, 3.8) is 0 Å². The number of rotatable bonds is 3. The van der Waals surface area contributed by atoms with Crippen LogP contribution in [0.4, 0.5) is 5.82 Å². The molecule has 1 aromatic rings. The maximum Gasteiger partial charge on any atom is 0.308 e. The topological polar surface area (TPSA) is 77.5 Å². The molecule has 0 amide bonds. The maximum absolute atomic E-state index is 12.2.